The molecule has 2 aliphatic heterocycles. The van der Waals surface area contributed by atoms with Gasteiger partial charge < -0.3 is 9.80 Å². The summed E-state index contributed by atoms with van der Waals surface area (Å²) in [6.07, 6.45) is 0. The molecule has 1 aromatic carbocycles. The van der Waals surface area contributed by atoms with E-state index in [9.17, 15) is 4.79 Å². The summed E-state index contributed by atoms with van der Waals surface area (Å²) in [7, 11) is 0. The quantitative estimate of drug-likeness (QED) is 0.814. The molecule has 1 amide bonds. The summed E-state index contributed by atoms with van der Waals surface area (Å²) in [4.78, 5) is 18.1. The summed E-state index contributed by atoms with van der Waals surface area (Å²) < 4.78 is 0. The zero-order valence-corrected chi connectivity index (χ0v) is 12.4. The first kappa shape index (κ1) is 13.4. The Morgan fingerprint density at radius 3 is 2.20 bits per heavy atom. The van der Waals surface area contributed by atoms with Gasteiger partial charge in [0.15, 0.2) is 0 Å². The van der Waals surface area contributed by atoms with Crippen LogP contribution >= 0.6 is 0 Å². The molecule has 2 aliphatic rings. The fraction of sp³-hybridized carbons (Fsp3) is 0.562. The Labute approximate surface area is 121 Å². The molecular weight excluding hydrogens is 250 g/mol. The van der Waals surface area contributed by atoms with Gasteiger partial charge >= 0.3 is 0 Å². The van der Waals surface area contributed by atoms with Crippen molar-refractivity contribution in [2.75, 3.05) is 44.2 Å². The van der Waals surface area contributed by atoms with Gasteiger partial charge in [-0.1, -0.05) is 17.7 Å². The summed E-state index contributed by atoms with van der Waals surface area (Å²) in [6, 6.07) is 9.37. The Morgan fingerprint density at radius 1 is 1.05 bits per heavy atom. The number of hydrogen-bond donors (Lipinski definition) is 0. The summed E-state index contributed by atoms with van der Waals surface area (Å²) in [5.41, 5.74) is 2.64. The zero-order valence-electron chi connectivity index (χ0n) is 12.4. The fourth-order valence-corrected chi connectivity index (χ4v) is 3.04. The minimum absolute atomic E-state index is 0.208. The van der Waals surface area contributed by atoms with Crippen LogP contribution in [0, 0.1) is 6.92 Å². The number of anilines is 1. The summed E-state index contributed by atoms with van der Waals surface area (Å²) in [5, 5.41) is 0. The zero-order chi connectivity index (χ0) is 14.1. The van der Waals surface area contributed by atoms with Gasteiger partial charge in [0.2, 0.25) is 5.91 Å². The summed E-state index contributed by atoms with van der Waals surface area (Å²) >= 11 is 0. The van der Waals surface area contributed by atoms with E-state index in [1.807, 2.05) is 4.90 Å². The van der Waals surface area contributed by atoms with Crippen LogP contribution in [0.4, 0.5) is 5.69 Å². The number of nitrogens with zero attached hydrogens (tertiary/aromatic N) is 3. The lowest BCUT2D eigenvalue weighted by atomic mass is 10.1. The van der Waals surface area contributed by atoms with Crippen molar-refractivity contribution in [3.63, 3.8) is 0 Å². The fourth-order valence-electron chi connectivity index (χ4n) is 3.04. The Morgan fingerprint density at radius 2 is 1.65 bits per heavy atom. The Balaban J connectivity index is 1.50. The number of benzene rings is 1. The average Bonchev–Trinajstić information content (AvgIpc) is 2.38. The molecule has 0 saturated carbocycles. The van der Waals surface area contributed by atoms with Crippen molar-refractivity contribution in [2.45, 2.75) is 19.9 Å². The normalized spacial score (nSPS) is 20.9. The molecule has 0 spiro atoms. The van der Waals surface area contributed by atoms with Crippen LogP contribution in [0.2, 0.25) is 0 Å². The van der Waals surface area contributed by atoms with Crippen molar-refractivity contribution < 1.29 is 4.79 Å². The smallest absolute Gasteiger partial charge is 0.219 e. The van der Waals surface area contributed by atoms with Crippen molar-refractivity contribution in [1.29, 1.82) is 0 Å². The van der Waals surface area contributed by atoms with Crippen molar-refractivity contribution in [3.05, 3.63) is 29.8 Å². The molecule has 4 heteroatoms. The van der Waals surface area contributed by atoms with Crippen molar-refractivity contribution in [3.8, 4) is 0 Å². The third kappa shape index (κ3) is 2.66. The molecule has 1 aromatic rings. The second-order valence-electron chi connectivity index (χ2n) is 5.94. The molecule has 0 aromatic heterocycles. The Kier molecular flexibility index (Phi) is 3.66. The number of hydrogen-bond acceptors (Lipinski definition) is 3. The van der Waals surface area contributed by atoms with Crippen LogP contribution in [-0.2, 0) is 4.79 Å². The van der Waals surface area contributed by atoms with E-state index in [0.717, 1.165) is 39.3 Å². The maximum atomic E-state index is 11.2. The standard InChI is InChI=1S/C16H23N3O/c1-13-3-5-15(6-4-13)17-7-9-18(10-8-17)16-11-19(12-16)14(2)20/h3-6,16H,7-12H2,1-2H3. The summed E-state index contributed by atoms with van der Waals surface area (Å²) in [5.74, 6) is 0.208. The molecule has 0 aliphatic carbocycles. The second kappa shape index (κ2) is 5.44. The highest BCUT2D eigenvalue weighted by Crippen LogP contribution is 2.21. The highest BCUT2D eigenvalue weighted by atomic mass is 16.2. The number of amides is 1. The number of aryl methyl sites for hydroxylation is 1. The lowest BCUT2D eigenvalue weighted by Crippen LogP contribution is -2.63. The first-order chi connectivity index (χ1) is 9.63. The maximum absolute atomic E-state index is 11.2. The number of likely N-dealkylation sites (tertiary alicyclic amines) is 1. The molecule has 108 valence electrons. The van der Waals surface area contributed by atoms with Crippen LogP contribution in [0.1, 0.15) is 12.5 Å². The second-order valence-corrected chi connectivity index (χ2v) is 5.94. The predicted octanol–water partition coefficient (Wildman–Crippen LogP) is 1.35. The van der Waals surface area contributed by atoms with Crippen LogP contribution in [-0.4, -0.2) is 61.0 Å². The first-order valence-corrected chi connectivity index (χ1v) is 7.44. The van der Waals surface area contributed by atoms with E-state index in [-0.39, 0.29) is 5.91 Å². The summed E-state index contributed by atoms with van der Waals surface area (Å²) in [6.45, 7) is 9.98. The maximum Gasteiger partial charge on any atom is 0.219 e. The van der Waals surface area contributed by atoms with Crippen molar-refractivity contribution >= 4 is 11.6 Å². The number of carbonyl (C=O) groups is 1. The molecule has 0 bridgehead atoms. The van der Waals surface area contributed by atoms with E-state index in [1.54, 1.807) is 6.92 Å². The molecule has 0 unspecified atom stereocenters. The minimum atomic E-state index is 0.208. The lowest BCUT2D eigenvalue weighted by molar-refractivity contribution is -0.136. The van der Waals surface area contributed by atoms with Crippen LogP contribution in [0.25, 0.3) is 0 Å². The van der Waals surface area contributed by atoms with E-state index >= 15 is 0 Å². The number of rotatable bonds is 2. The average molecular weight is 273 g/mol. The van der Waals surface area contributed by atoms with E-state index < -0.39 is 0 Å². The van der Waals surface area contributed by atoms with Gasteiger partial charge in [-0.2, -0.15) is 0 Å². The Bertz CT molecular complexity index is 471. The van der Waals surface area contributed by atoms with Gasteiger partial charge in [-0.25, -0.2) is 0 Å². The van der Waals surface area contributed by atoms with Crippen molar-refractivity contribution in [1.82, 2.24) is 9.80 Å². The third-order valence-corrected chi connectivity index (χ3v) is 4.54. The molecule has 0 atom stereocenters. The number of piperazine rings is 1. The SMILES string of the molecule is CC(=O)N1CC(N2CCN(c3ccc(C)cc3)CC2)C1. The van der Waals surface area contributed by atoms with E-state index in [0.29, 0.717) is 6.04 Å². The Hall–Kier alpha value is -1.55. The number of carbonyl (C=O) groups excluding carboxylic acids is 1. The molecular formula is C16H23N3O. The third-order valence-electron chi connectivity index (χ3n) is 4.54. The topological polar surface area (TPSA) is 26.8 Å². The van der Waals surface area contributed by atoms with Gasteiger partial charge in [-0.15, -0.1) is 0 Å². The monoisotopic (exact) mass is 273 g/mol. The van der Waals surface area contributed by atoms with Gasteiger partial charge in [-0.05, 0) is 19.1 Å². The van der Waals surface area contributed by atoms with Gasteiger partial charge in [0.25, 0.3) is 0 Å². The molecule has 0 radical (unpaired) electrons. The van der Waals surface area contributed by atoms with Crippen LogP contribution in [0.5, 0.6) is 0 Å². The van der Waals surface area contributed by atoms with E-state index in [4.69, 9.17) is 0 Å². The van der Waals surface area contributed by atoms with E-state index in [2.05, 4.69) is 41.0 Å². The van der Waals surface area contributed by atoms with Crippen LogP contribution < -0.4 is 4.90 Å². The van der Waals surface area contributed by atoms with Crippen LogP contribution in [0.15, 0.2) is 24.3 Å². The van der Waals surface area contributed by atoms with E-state index in [1.165, 1.54) is 11.3 Å². The van der Waals surface area contributed by atoms with Gasteiger partial charge in [0, 0.05) is 57.9 Å². The first-order valence-electron chi connectivity index (χ1n) is 7.44. The van der Waals surface area contributed by atoms with Crippen molar-refractivity contribution in [2.24, 2.45) is 0 Å². The molecule has 2 fully saturated rings. The minimum Gasteiger partial charge on any atom is -0.369 e. The molecule has 2 heterocycles. The molecule has 20 heavy (non-hydrogen) atoms. The highest BCUT2D eigenvalue weighted by Gasteiger charge is 2.34. The highest BCUT2D eigenvalue weighted by molar-refractivity contribution is 5.74. The molecule has 3 rings (SSSR count). The largest absolute Gasteiger partial charge is 0.369 e. The molecule has 2 saturated heterocycles. The van der Waals surface area contributed by atoms with Gasteiger partial charge in [0.1, 0.15) is 0 Å². The van der Waals surface area contributed by atoms with Gasteiger partial charge in [-0.3, -0.25) is 9.69 Å². The molecule has 4 nitrogen and oxygen atoms in total. The van der Waals surface area contributed by atoms with Crippen LogP contribution in [0.3, 0.4) is 0 Å². The lowest BCUT2D eigenvalue weighted by Gasteiger charge is -2.48. The molecule has 0 N–H and O–H groups in total. The predicted molar refractivity (Wildman–Crippen MR) is 81.0 cm³/mol. The van der Waals surface area contributed by atoms with Gasteiger partial charge in [0.05, 0.1) is 0 Å².